The van der Waals surface area contributed by atoms with Crippen LogP contribution in [0.5, 0.6) is 0 Å². The van der Waals surface area contributed by atoms with Gasteiger partial charge in [0.25, 0.3) is 0 Å². The SMILES string of the molecule is CCC(C)(C)NC(=O)CC1CNCCO1. The van der Waals surface area contributed by atoms with Crippen LogP contribution in [0.15, 0.2) is 0 Å². The fourth-order valence-corrected chi connectivity index (χ4v) is 1.47. The highest BCUT2D eigenvalue weighted by molar-refractivity contribution is 5.77. The van der Waals surface area contributed by atoms with Crippen molar-refractivity contribution in [2.45, 2.75) is 45.3 Å². The zero-order valence-electron chi connectivity index (χ0n) is 9.93. The zero-order valence-corrected chi connectivity index (χ0v) is 9.93. The molecule has 0 saturated carbocycles. The number of hydrogen-bond acceptors (Lipinski definition) is 3. The Morgan fingerprint density at radius 1 is 1.60 bits per heavy atom. The number of rotatable bonds is 4. The lowest BCUT2D eigenvalue weighted by molar-refractivity contribution is -0.126. The predicted octanol–water partition coefficient (Wildman–Crippen LogP) is 0.670. The van der Waals surface area contributed by atoms with E-state index in [2.05, 4.69) is 17.6 Å². The minimum absolute atomic E-state index is 0.0337. The Balaban J connectivity index is 2.28. The molecule has 15 heavy (non-hydrogen) atoms. The lowest BCUT2D eigenvalue weighted by Crippen LogP contribution is -2.46. The van der Waals surface area contributed by atoms with Gasteiger partial charge in [-0.2, -0.15) is 0 Å². The predicted molar refractivity (Wildman–Crippen MR) is 59.7 cm³/mol. The van der Waals surface area contributed by atoms with E-state index in [1.807, 2.05) is 13.8 Å². The Labute approximate surface area is 91.8 Å². The van der Waals surface area contributed by atoms with Gasteiger partial charge in [-0.3, -0.25) is 4.79 Å². The molecule has 1 aliphatic rings. The molecule has 4 heteroatoms. The van der Waals surface area contributed by atoms with Crippen molar-refractivity contribution in [2.75, 3.05) is 19.7 Å². The molecule has 1 heterocycles. The topological polar surface area (TPSA) is 50.4 Å². The van der Waals surface area contributed by atoms with Crippen LogP contribution in [0.3, 0.4) is 0 Å². The van der Waals surface area contributed by atoms with Crippen molar-refractivity contribution in [3.63, 3.8) is 0 Å². The Kier molecular flexibility index (Phi) is 4.54. The molecule has 0 aromatic rings. The molecule has 0 aromatic carbocycles. The molecule has 1 aliphatic heterocycles. The Bertz CT molecular complexity index is 211. The first-order valence-electron chi connectivity index (χ1n) is 5.67. The molecule has 1 amide bonds. The minimum atomic E-state index is -0.112. The number of morpholine rings is 1. The van der Waals surface area contributed by atoms with Crippen LogP contribution in [0.4, 0.5) is 0 Å². The van der Waals surface area contributed by atoms with Gasteiger partial charge in [0.1, 0.15) is 0 Å². The van der Waals surface area contributed by atoms with Gasteiger partial charge in [0, 0.05) is 18.6 Å². The molecule has 1 atom stereocenters. The molecule has 2 N–H and O–H groups in total. The van der Waals surface area contributed by atoms with Gasteiger partial charge in [0.05, 0.1) is 19.1 Å². The Morgan fingerprint density at radius 3 is 2.87 bits per heavy atom. The summed E-state index contributed by atoms with van der Waals surface area (Å²) in [5, 5.41) is 6.22. The first-order valence-corrected chi connectivity index (χ1v) is 5.67. The molecule has 1 rings (SSSR count). The first kappa shape index (κ1) is 12.5. The van der Waals surface area contributed by atoms with E-state index in [-0.39, 0.29) is 17.6 Å². The van der Waals surface area contributed by atoms with Crippen molar-refractivity contribution in [1.82, 2.24) is 10.6 Å². The molecule has 0 aliphatic carbocycles. The number of carbonyl (C=O) groups is 1. The van der Waals surface area contributed by atoms with Crippen LogP contribution in [0.25, 0.3) is 0 Å². The van der Waals surface area contributed by atoms with E-state index in [1.165, 1.54) is 0 Å². The fourth-order valence-electron chi connectivity index (χ4n) is 1.47. The highest BCUT2D eigenvalue weighted by Gasteiger charge is 2.22. The molecule has 1 unspecified atom stereocenters. The average Bonchev–Trinajstić information content (AvgIpc) is 2.18. The van der Waals surface area contributed by atoms with Gasteiger partial charge in [-0.25, -0.2) is 0 Å². The van der Waals surface area contributed by atoms with Gasteiger partial charge in [0.2, 0.25) is 5.91 Å². The summed E-state index contributed by atoms with van der Waals surface area (Å²) < 4.78 is 5.47. The molecule has 0 bridgehead atoms. The molecule has 88 valence electrons. The Hall–Kier alpha value is -0.610. The number of nitrogens with one attached hydrogen (secondary N) is 2. The number of ether oxygens (including phenoxy) is 1. The quantitative estimate of drug-likeness (QED) is 0.723. The van der Waals surface area contributed by atoms with E-state index in [9.17, 15) is 4.79 Å². The highest BCUT2D eigenvalue weighted by atomic mass is 16.5. The summed E-state index contributed by atoms with van der Waals surface area (Å²) in [6.07, 6.45) is 1.42. The van der Waals surface area contributed by atoms with Crippen LogP contribution < -0.4 is 10.6 Å². The van der Waals surface area contributed by atoms with E-state index < -0.39 is 0 Å². The summed E-state index contributed by atoms with van der Waals surface area (Å²) in [5.74, 6) is 0.0792. The third-order valence-electron chi connectivity index (χ3n) is 2.78. The molecule has 0 aromatic heterocycles. The second-order valence-corrected chi connectivity index (χ2v) is 4.69. The molecule has 1 saturated heterocycles. The summed E-state index contributed by atoms with van der Waals surface area (Å²) >= 11 is 0. The minimum Gasteiger partial charge on any atom is -0.375 e. The summed E-state index contributed by atoms with van der Waals surface area (Å²) in [4.78, 5) is 11.7. The van der Waals surface area contributed by atoms with Crippen LogP contribution in [0, 0.1) is 0 Å². The van der Waals surface area contributed by atoms with Crippen molar-refractivity contribution in [2.24, 2.45) is 0 Å². The standard InChI is InChI=1S/C11H22N2O2/c1-4-11(2,3)13-10(14)7-9-8-12-5-6-15-9/h9,12H,4-8H2,1-3H3,(H,13,14). The summed E-state index contributed by atoms with van der Waals surface area (Å²) in [5.41, 5.74) is -0.112. The summed E-state index contributed by atoms with van der Waals surface area (Å²) in [7, 11) is 0. The normalized spacial score (nSPS) is 22.5. The number of amides is 1. The monoisotopic (exact) mass is 214 g/mol. The molecule has 0 radical (unpaired) electrons. The second-order valence-electron chi connectivity index (χ2n) is 4.69. The lowest BCUT2D eigenvalue weighted by atomic mass is 10.0. The van der Waals surface area contributed by atoms with Crippen molar-refractivity contribution < 1.29 is 9.53 Å². The van der Waals surface area contributed by atoms with Crippen molar-refractivity contribution in [3.05, 3.63) is 0 Å². The lowest BCUT2D eigenvalue weighted by Gasteiger charge is -2.27. The Morgan fingerprint density at radius 2 is 2.33 bits per heavy atom. The van der Waals surface area contributed by atoms with Crippen molar-refractivity contribution in [3.8, 4) is 0 Å². The van der Waals surface area contributed by atoms with Crippen LogP contribution >= 0.6 is 0 Å². The largest absolute Gasteiger partial charge is 0.375 e. The molecule has 4 nitrogen and oxygen atoms in total. The van der Waals surface area contributed by atoms with E-state index in [4.69, 9.17) is 4.74 Å². The van der Waals surface area contributed by atoms with Gasteiger partial charge < -0.3 is 15.4 Å². The van der Waals surface area contributed by atoms with Crippen molar-refractivity contribution >= 4 is 5.91 Å². The van der Waals surface area contributed by atoms with Gasteiger partial charge in [-0.05, 0) is 20.3 Å². The van der Waals surface area contributed by atoms with Crippen LogP contribution in [-0.4, -0.2) is 37.2 Å². The van der Waals surface area contributed by atoms with Crippen LogP contribution in [0.2, 0.25) is 0 Å². The maximum Gasteiger partial charge on any atom is 0.223 e. The summed E-state index contributed by atoms with van der Waals surface area (Å²) in [6, 6.07) is 0. The van der Waals surface area contributed by atoms with E-state index >= 15 is 0 Å². The highest BCUT2D eigenvalue weighted by Crippen LogP contribution is 2.08. The second kappa shape index (κ2) is 5.47. The molecule has 0 spiro atoms. The molecular weight excluding hydrogens is 192 g/mol. The average molecular weight is 214 g/mol. The van der Waals surface area contributed by atoms with Crippen LogP contribution in [-0.2, 0) is 9.53 Å². The van der Waals surface area contributed by atoms with Gasteiger partial charge in [0.15, 0.2) is 0 Å². The van der Waals surface area contributed by atoms with E-state index in [0.717, 1.165) is 19.5 Å². The van der Waals surface area contributed by atoms with E-state index in [1.54, 1.807) is 0 Å². The number of carbonyl (C=O) groups excluding carboxylic acids is 1. The van der Waals surface area contributed by atoms with Gasteiger partial charge in [-0.15, -0.1) is 0 Å². The third kappa shape index (κ3) is 4.62. The number of hydrogen-bond donors (Lipinski definition) is 2. The van der Waals surface area contributed by atoms with Gasteiger partial charge >= 0.3 is 0 Å². The van der Waals surface area contributed by atoms with Crippen LogP contribution in [0.1, 0.15) is 33.6 Å². The maximum atomic E-state index is 11.7. The smallest absolute Gasteiger partial charge is 0.223 e. The van der Waals surface area contributed by atoms with Crippen molar-refractivity contribution in [1.29, 1.82) is 0 Å². The van der Waals surface area contributed by atoms with E-state index in [0.29, 0.717) is 13.0 Å². The zero-order chi connectivity index (χ0) is 11.3. The van der Waals surface area contributed by atoms with Gasteiger partial charge in [-0.1, -0.05) is 6.92 Å². The molecular formula is C11H22N2O2. The first-order chi connectivity index (χ1) is 7.03. The summed E-state index contributed by atoms with van der Waals surface area (Å²) in [6.45, 7) is 8.50. The maximum absolute atomic E-state index is 11.7. The fraction of sp³-hybridized carbons (Fsp3) is 0.909. The third-order valence-corrected chi connectivity index (χ3v) is 2.78. The molecule has 1 fully saturated rings.